The van der Waals surface area contributed by atoms with Gasteiger partial charge in [0, 0.05) is 5.69 Å². The maximum Gasteiger partial charge on any atom is 0.291 e. The summed E-state index contributed by atoms with van der Waals surface area (Å²) < 4.78 is 52.9. The van der Waals surface area contributed by atoms with E-state index in [0.29, 0.717) is 0 Å². The van der Waals surface area contributed by atoms with Crippen molar-refractivity contribution >= 4 is 31.5 Å². The van der Waals surface area contributed by atoms with Crippen LogP contribution < -0.4 is 10.5 Å². The summed E-state index contributed by atoms with van der Waals surface area (Å²) >= 11 is 0. The van der Waals surface area contributed by atoms with Crippen molar-refractivity contribution in [2.75, 3.05) is 5.32 Å². The van der Waals surface area contributed by atoms with Gasteiger partial charge < -0.3 is 9.73 Å². The number of nitrogens with two attached hydrogens (primary N) is 1. The third kappa shape index (κ3) is 4.14. The van der Waals surface area contributed by atoms with Gasteiger partial charge in [-0.1, -0.05) is 17.7 Å². The second-order valence-corrected chi connectivity index (χ2v) is 9.40. The Morgan fingerprint density at radius 2 is 1.43 bits per heavy atom. The molecule has 0 unspecified atom stereocenters. The van der Waals surface area contributed by atoms with Crippen molar-refractivity contribution in [3.05, 3.63) is 72.0 Å². The molecule has 3 rings (SSSR count). The van der Waals surface area contributed by atoms with Crippen LogP contribution in [-0.4, -0.2) is 22.7 Å². The second kappa shape index (κ2) is 7.23. The van der Waals surface area contributed by atoms with E-state index >= 15 is 0 Å². The molecule has 28 heavy (non-hydrogen) atoms. The van der Waals surface area contributed by atoms with Crippen LogP contribution >= 0.6 is 0 Å². The number of sulfonamides is 1. The summed E-state index contributed by atoms with van der Waals surface area (Å²) in [6.45, 7) is 1.83. The van der Waals surface area contributed by atoms with Crippen molar-refractivity contribution in [2.24, 2.45) is 5.14 Å². The number of anilines is 1. The number of carbonyl (C=O) groups excluding carboxylic acids is 1. The third-order valence-electron chi connectivity index (χ3n) is 3.84. The first-order chi connectivity index (χ1) is 13.1. The number of carbonyl (C=O) groups is 1. The molecule has 0 aliphatic rings. The Hall–Kier alpha value is -2.95. The van der Waals surface area contributed by atoms with Gasteiger partial charge in [-0.05, 0) is 55.5 Å². The van der Waals surface area contributed by atoms with Gasteiger partial charge in [0.25, 0.3) is 5.91 Å². The highest BCUT2D eigenvalue weighted by atomic mass is 32.2. The van der Waals surface area contributed by atoms with Gasteiger partial charge in [-0.3, -0.25) is 4.79 Å². The van der Waals surface area contributed by atoms with Crippen molar-refractivity contribution in [1.82, 2.24) is 0 Å². The van der Waals surface area contributed by atoms with Crippen molar-refractivity contribution in [1.29, 1.82) is 0 Å². The van der Waals surface area contributed by atoms with Crippen LogP contribution in [0.5, 0.6) is 0 Å². The first-order valence-corrected chi connectivity index (χ1v) is 11.0. The van der Waals surface area contributed by atoms with Gasteiger partial charge in [0.1, 0.15) is 0 Å². The highest BCUT2D eigenvalue weighted by Crippen LogP contribution is 2.24. The molecule has 0 saturated carbocycles. The summed E-state index contributed by atoms with van der Waals surface area (Å²) in [4.78, 5) is 12.2. The van der Waals surface area contributed by atoms with E-state index < -0.39 is 25.8 Å². The summed E-state index contributed by atoms with van der Waals surface area (Å²) in [6, 6.07) is 13.9. The van der Waals surface area contributed by atoms with Crippen LogP contribution in [0.3, 0.4) is 0 Å². The molecule has 1 amide bonds. The first kappa shape index (κ1) is 19.8. The number of hydrogen-bond acceptors (Lipinski definition) is 6. The molecule has 0 bridgehead atoms. The zero-order valence-electron chi connectivity index (χ0n) is 14.6. The Bertz CT molecular complexity index is 1230. The van der Waals surface area contributed by atoms with E-state index in [1.54, 1.807) is 12.1 Å². The Balaban J connectivity index is 1.79. The van der Waals surface area contributed by atoms with Gasteiger partial charge in [-0.15, -0.1) is 0 Å². The smallest absolute Gasteiger partial charge is 0.291 e. The molecule has 0 spiro atoms. The summed E-state index contributed by atoms with van der Waals surface area (Å²) in [6.07, 6.45) is 0. The van der Waals surface area contributed by atoms with E-state index in [2.05, 4.69) is 5.32 Å². The van der Waals surface area contributed by atoms with Gasteiger partial charge in [0.15, 0.2) is 5.76 Å². The van der Waals surface area contributed by atoms with Crippen molar-refractivity contribution < 1.29 is 26.0 Å². The van der Waals surface area contributed by atoms with E-state index in [4.69, 9.17) is 9.56 Å². The molecule has 1 heterocycles. The average molecular weight is 420 g/mol. The van der Waals surface area contributed by atoms with Crippen molar-refractivity contribution in [3.8, 4) is 0 Å². The number of hydrogen-bond donors (Lipinski definition) is 2. The lowest BCUT2D eigenvalue weighted by molar-refractivity contribution is 0.0991. The quantitative estimate of drug-likeness (QED) is 0.650. The summed E-state index contributed by atoms with van der Waals surface area (Å²) in [5.41, 5.74) is 1.20. The average Bonchev–Trinajstić information content (AvgIpc) is 3.13. The maximum absolute atomic E-state index is 12.6. The molecule has 10 heteroatoms. The van der Waals surface area contributed by atoms with Crippen molar-refractivity contribution in [3.63, 3.8) is 0 Å². The Morgan fingerprint density at radius 1 is 0.857 bits per heavy atom. The number of furan rings is 1. The molecule has 3 aromatic rings. The molecular formula is C18H16N2O6S2. The SMILES string of the molecule is Cc1ccc(S(=O)(=O)c2ccc(C(=O)Nc3ccc(S(N)(=O)=O)cc3)o2)cc1. The number of benzene rings is 2. The number of aryl methyl sites for hydroxylation is 1. The molecule has 0 fully saturated rings. The predicted octanol–water partition coefficient (Wildman–Crippen LogP) is 2.32. The topological polar surface area (TPSA) is 137 Å². The number of amides is 1. The Labute approximate surface area is 162 Å². The Kier molecular flexibility index (Phi) is 5.11. The predicted molar refractivity (Wildman–Crippen MR) is 101 cm³/mol. The van der Waals surface area contributed by atoms with E-state index in [1.807, 2.05) is 6.92 Å². The number of sulfone groups is 1. The molecule has 8 nitrogen and oxygen atoms in total. The van der Waals surface area contributed by atoms with Crippen LogP contribution in [0.1, 0.15) is 16.1 Å². The largest absolute Gasteiger partial charge is 0.439 e. The van der Waals surface area contributed by atoms with Crippen molar-refractivity contribution in [2.45, 2.75) is 21.8 Å². The molecule has 0 saturated heterocycles. The fourth-order valence-electron chi connectivity index (χ4n) is 2.34. The fourth-order valence-corrected chi connectivity index (χ4v) is 4.03. The van der Waals surface area contributed by atoms with Crippen LogP contribution in [0, 0.1) is 6.92 Å². The molecule has 1 aromatic heterocycles. The number of rotatable bonds is 5. The van der Waals surface area contributed by atoms with Gasteiger partial charge in [-0.2, -0.15) is 0 Å². The van der Waals surface area contributed by atoms with Gasteiger partial charge in [0.2, 0.25) is 25.0 Å². The number of primary sulfonamides is 1. The third-order valence-corrected chi connectivity index (χ3v) is 6.41. The minimum Gasteiger partial charge on any atom is -0.439 e. The van der Waals surface area contributed by atoms with Crippen LogP contribution in [0.2, 0.25) is 0 Å². The molecule has 146 valence electrons. The van der Waals surface area contributed by atoms with E-state index in [-0.39, 0.29) is 26.3 Å². The van der Waals surface area contributed by atoms with Gasteiger partial charge >= 0.3 is 0 Å². The fraction of sp³-hybridized carbons (Fsp3) is 0.0556. The Morgan fingerprint density at radius 3 is 2.00 bits per heavy atom. The normalized spacial score (nSPS) is 11.9. The van der Waals surface area contributed by atoms with Gasteiger partial charge in [0.05, 0.1) is 9.79 Å². The highest BCUT2D eigenvalue weighted by Gasteiger charge is 2.23. The van der Waals surface area contributed by atoms with Gasteiger partial charge in [-0.25, -0.2) is 22.0 Å². The molecule has 0 aliphatic carbocycles. The summed E-state index contributed by atoms with van der Waals surface area (Å²) in [5, 5.41) is 7.14. The van der Waals surface area contributed by atoms with Crippen LogP contribution in [0.15, 0.2) is 80.0 Å². The molecule has 0 aliphatic heterocycles. The molecular weight excluding hydrogens is 404 g/mol. The summed E-state index contributed by atoms with van der Waals surface area (Å²) in [7, 11) is -7.73. The second-order valence-electron chi connectivity index (χ2n) is 5.96. The lowest BCUT2D eigenvalue weighted by Crippen LogP contribution is -2.13. The van der Waals surface area contributed by atoms with E-state index in [0.717, 1.165) is 5.56 Å². The first-order valence-electron chi connectivity index (χ1n) is 7.93. The molecule has 2 aromatic carbocycles. The maximum atomic E-state index is 12.6. The highest BCUT2D eigenvalue weighted by molar-refractivity contribution is 7.91. The van der Waals surface area contributed by atoms with E-state index in [1.165, 1.54) is 48.5 Å². The minimum atomic E-state index is -3.89. The lowest BCUT2D eigenvalue weighted by atomic mass is 10.2. The minimum absolute atomic E-state index is 0.0537. The number of nitrogens with one attached hydrogen (secondary N) is 1. The van der Waals surface area contributed by atoms with Crippen LogP contribution in [-0.2, 0) is 19.9 Å². The monoisotopic (exact) mass is 420 g/mol. The zero-order valence-corrected chi connectivity index (χ0v) is 16.2. The molecule has 0 radical (unpaired) electrons. The van der Waals surface area contributed by atoms with Crippen LogP contribution in [0.4, 0.5) is 5.69 Å². The van der Waals surface area contributed by atoms with E-state index in [9.17, 15) is 21.6 Å². The lowest BCUT2D eigenvalue weighted by Gasteiger charge is -2.05. The zero-order chi connectivity index (χ0) is 20.5. The van der Waals surface area contributed by atoms with Crippen LogP contribution in [0.25, 0.3) is 0 Å². The molecule has 0 atom stereocenters. The standard InChI is InChI=1S/C18H16N2O6S2/c1-12-2-6-14(7-3-12)27(22,23)17-11-10-16(26-17)18(21)20-13-4-8-15(9-5-13)28(19,24)25/h2-11H,1H3,(H,20,21)(H2,19,24,25). The molecule has 3 N–H and O–H groups in total. The summed E-state index contributed by atoms with van der Waals surface area (Å²) in [5.74, 6) is -0.894.